The Morgan fingerprint density at radius 2 is 1.21 bits per heavy atom. The molecule has 0 unspecified atom stereocenters. The quantitative estimate of drug-likeness (QED) is 0.141. The Bertz CT molecular complexity index is 1500. The average Bonchev–Trinajstić information content (AvgIpc) is 2.97. The van der Waals surface area contributed by atoms with Crippen molar-refractivity contribution in [1.82, 2.24) is 0 Å². The van der Waals surface area contributed by atoms with E-state index in [9.17, 15) is 61.0 Å². The van der Waals surface area contributed by atoms with Gasteiger partial charge in [-0.1, -0.05) is 5.75 Å². The normalized spacial score (nSPS) is 33.6. The van der Waals surface area contributed by atoms with Crippen LogP contribution < -0.4 is 10.5 Å². The van der Waals surface area contributed by atoms with Crippen LogP contribution in [-0.4, -0.2) is 113 Å². The molecule has 3 heterocycles. The van der Waals surface area contributed by atoms with E-state index in [0.29, 0.717) is 0 Å². The van der Waals surface area contributed by atoms with Gasteiger partial charge in [0.1, 0.15) is 89.3 Å². The molecule has 10 atom stereocenters. The Labute approximate surface area is 235 Å². The number of fused-ring (bicyclic) bond motifs is 1. The summed E-state index contributed by atoms with van der Waals surface area (Å²) in [4.78, 5) is 13.4. The summed E-state index contributed by atoms with van der Waals surface area (Å²) in [7, 11) is 0. The number of ether oxygens (including phenoxy) is 2. The molecule has 5 rings (SSSR count). The van der Waals surface area contributed by atoms with E-state index < -0.39 is 113 Å². The summed E-state index contributed by atoms with van der Waals surface area (Å²) in [5.74, 6) is -2.55. The first kappa shape index (κ1) is 30.1. The lowest BCUT2D eigenvalue weighted by molar-refractivity contribution is -0.283. The lowest BCUT2D eigenvalue weighted by Gasteiger charge is -2.44. The molecule has 0 amide bonds. The van der Waals surface area contributed by atoms with Crippen molar-refractivity contribution in [1.29, 1.82) is 0 Å². The third-order valence-electron chi connectivity index (χ3n) is 7.68. The van der Waals surface area contributed by atoms with Gasteiger partial charge in [0.05, 0.1) is 13.2 Å². The van der Waals surface area contributed by atoms with Crippen molar-refractivity contribution < 1.29 is 70.1 Å². The smallest absolute Gasteiger partial charge is 0.197 e. The molecule has 3 aromatic rings. The number of phenols is 2. The molecule has 0 saturated carbocycles. The molecular weight excluding hydrogens is 564 g/mol. The second kappa shape index (κ2) is 11.4. The minimum absolute atomic E-state index is 0.104. The zero-order valence-corrected chi connectivity index (χ0v) is 21.6. The third kappa shape index (κ3) is 4.79. The molecule has 10 N–H and O–H groups in total. The Balaban J connectivity index is 1.82. The maximum absolute atomic E-state index is 14.1. The van der Waals surface area contributed by atoms with Crippen molar-refractivity contribution >= 4 is 11.0 Å². The molecule has 0 spiro atoms. The molecule has 2 aromatic carbocycles. The zero-order valence-electron chi connectivity index (χ0n) is 21.6. The van der Waals surface area contributed by atoms with E-state index >= 15 is 0 Å². The summed E-state index contributed by atoms with van der Waals surface area (Å²) in [6, 6.07) is 6.29. The molecule has 15 heteroatoms. The summed E-state index contributed by atoms with van der Waals surface area (Å²) in [5, 5.41) is 116. The molecule has 15 nitrogen and oxygen atoms in total. The maximum Gasteiger partial charge on any atom is 0.197 e. The van der Waals surface area contributed by atoms with Crippen molar-refractivity contribution in [3.63, 3.8) is 0 Å². The standard InChI is InChI=1S/C27H30O15/c28-6-12-17(32)21(36)23(38)26(41-12)15-19(34)14-10(31)5-11(8-1-3-9(30)4-2-8)40-25(14)16(20(15)35)27-24(39)22(37)18(33)13(7-29)42-27/h1-5,12-13,17-18,21-24,26-30,32-39H,6-7H2/p-1/t12-,13-,17-,18-,21+,22+,23-,24-,26+,27+/m1/s1. The first-order chi connectivity index (χ1) is 19.9. The monoisotopic (exact) mass is 593 g/mol. The van der Waals surface area contributed by atoms with Crippen LogP contribution in [0.15, 0.2) is 39.5 Å². The number of aliphatic hydroxyl groups excluding tert-OH is 8. The van der Waals surface area contributed by atoms with Crippen LogP contribution in [0.5, 0.6) is 17.2 Å². The maximum atomic E-state index is 14.1. The molecule has 42 heavy (non-hydrogen) atoms. The van der Waals surface area contributed by atoms with Gasteiger partial charge in [-0.2, -0.15) is 0 Å². The highest BCUT2D eigenvalue weighted by molar-refractivity contribution is 5.91. The Morgan fingerprint density at radius 3 is 1.71 bits per heavy atom. The second-order valence-corrected chi connectivity index (χ2v) is 10.2. The number of hydrogen-bond donors (Lipinski definition) is 10. The molecule has 0 bridgehead atoms. The molecular formula is C27H29O15-. The van der Waals surface area contributed by atoms with Crippen LogP contribution in [0.1, 0.15) is 23.3 Å². The van der Waals surface area contributed by atoms with E-state index in [1.165, 1.54) is 24.3 Å². The molecule has 1 aromatic heterocycles. The van der Waals surface area contributed by atoms with E-state index in [2.05, 4.69) is 0 Å². The minimum Gasteiger partial charge on any atom is -0.872 e. The summed E-state index contributed by atoms with van der Waals surface area (Å²) < 4.78 is 16.9. The number of phenolic OH excluding ortho intramolecular Hbond substituents is 2. The summed E-state index contributed by atoms with van der Waals surface area (Å²) in [6.07, 6.45) is -18.5. The first-order valence-electron chi connectivity index (χ1n) is 12.8. The van der Waals surface area contributed by atoms with E-state index in [0.717, 1.165) is 6.07 Å². The highest BCUT2D eigenvalue weighted by Crippen LogP contribution is 2.50. The number of aliphatic hydroxyl groups is 8. The van der Waals surface area contributed by atoms with Gasteiger partial charge in [-0.15, -0.1) is 0 Å². The Hall–Kier alpha value is -3.35. The van der Waals surface area contributed by atoms with Gasteiger partial charge in [0.2, 0.25) is 0 Å². The van der Waals surface area contributed by atoms with Crippen molar-refractivity contribution in [3.05, 3.63) is 51.7 Å². The van der Waals surface area contributed by atoms with Gasteiger partial charge in [-0.25, -0.2) is 0 Å². The fourth-order valence-corrected chi connectivity index (χ4v) is 5.37. The van der Waals surface area contributed by atoms with Crippen LogP contribution in [0.2, 0.25) is 0 Å². The van der Waals surface area contributed by atoms with Gasteiger partial charge >= 0.3 is 0 Å². The van der Waals surface area contributed by atoms with Crippen LogP contribution in [0, 0.1) is 0 Å². The van der Waals surface area contributed by atoms with Gasteiger partial charge in [-0.05, 0) is 24.3 Å². The molecule has 0 aliphatic carbocycles. The van der Waals surface area contributed by atoms with E-state index in [1.807, 2.05) is 0 Å². The Kier molecular flexibility index (Phi) is 8.16. The SMILES string of the molecule is O=c1cc(-c2ccc(O)cc2)oc2c([C@@H]3O[C@H](CO)[C@@H](O)[C@H](O)[C@H]3O)c([O-])c([C@@H]3O[C@H](CO)[C@@H](O)[C@H](O)[C@H]3O)c(O)c12. The van der Waals surface area contributed by atoms with Crippen molar-refractivity contribution in [2.75, 3.05) is 13.2 Å². The van der Waals surface area contributed by atoms with E-state index in [1.54, 1.807) is 0 Å². The molecule has 2 saturated heterocycles. The van der Waals surface area contributed by atoms with Crippen LogP contribution in [0.3, 0.4) is 0 Å². The number of benzene rings is 2. The van der Waals surface area contributed by atoms with Crippen molar-refractivity contribution in [3.8, 4) is 28.6 Å². The van der Waals surface area contributed by atoms with Crippen molar-refractivity contribution in [2.45, 2.75) is 61.0 Å². The highest BCUT2D eigenvalue weighted by Gasteiger charge is 2.48. The molecule has 2 fully saturated rings. The third-order valence-corrected chi connectivity index (χ3v) is 7.68. The minimum atomic E-state index is -2.06. The van der Waals surface area contributed by atoms with Gasteiger partial charge in [0.25, 0.3) is 0 Å². The van der Waals surface area contributed by atoms with E-state index in [4.69, 9.17) is 13.9 Å². The lowest BCUT2D eigenvalue weighted by atomic mass is 9.85. The number of rotatable bonds is 5. The van der Waals surface area contributed by atoms with Crippen LogP contribution in [0.4, 0.5) is 0 Å². The van der Waals surface area contributed by atoms with Crippen LogP contribution in [-0.2, 0) is 9.47 Å². The number of hydrogen-bond acceptors (Lipinski definition) is 15. The van der Waals surface area contributed by atoms with E-state index in [-0.39, 0.29) is 17.1 Å². The topological polar surface area (TPSA) is 274 Å². The zero-order chi connectivity index (χ0) is 30.6. The Morgan fingerprint density at radius 1 is 0.714 bits per heavy atom. The number of aromatic hydroxyl groups is 2. The molecule has 2 aliphatic heterocycles. The van der Waals surface area contributed by atoms with Gasteiger partial charge < -0.3 is 70.1 Å². The predicted molar refractivity (Wildman–Crippen MR) is 136 cm³/mol. The van der Waals surface area contributed by atoms with Gasteiger partial charge in [0, 0.05) is 22.8 Å². The van der Waals surface area contributed by atoms with Gasteiger partial charge in [0.15, 0.2) is 5.43 Å². The largest absolute Gasteiger partial charge is 0.872 e. The average molecular weight is 594 g/mol. The first-order valence-corrected chi connectivity index (χ1v) is 12.8. The fourth-order valence-electron chi connectivity index (χ4n) is 5.37. The summed E-state index contributed by atoms with van der Waals surface area (Å²) in [6.45, 7) is -1.74. The summed E-state index contributed by atoms with van der Waals surface area (Å²) in [5.41, 5.74) is -2.81. The predicted octanol–water partition coefficient (Wildman–Crippen LogP) is -3.03. The summed E-state index contributed by atoms with van der Waals surface area (Å²) >= 11 is 0. The highest BCUT2D eigenvalue weighted by atomic mass is 16.6. The second-order valence-electron chi connectivity index (χ2n) is 10.2. The fraction of sp³-hybridized carbons (Fsp3) is 0.444. The molecule has 2 aliphatic rings. The van der Waals surface area contributed by atoms with Gasteiger partial charge in [-0.3, -0.25) is 4.79 Å². The van der Waals surface area contributed by atoms with Crippen LogP contribution >= 0.6 is 0 Å². The lowest BCUT2D eigenvalue weighted by Crippen LogP contribution is -2.56. The molecule has 228 valence electrons. The van der Waals surface area contributed by atoms with Crippen molar-refractivity contribution in [2.24, 2.45) is 0 Å². The molecule has 0 radical (unpaired) electrons. The van der Waals surface area contributed by atoms with Crippen LogP contribution in [0.25, 0.3) is 22.3 Å².